The SMILES string of the molecule is C[C@H]1C[C@@H]2[C@H]([C@@H]3CCC(=O)[C@@H]4CCC[C@H]4[C@@]13O)C2(C)C. The van der Waals surface area contributed by atoms with Crippen molar-refractivity contribution >= 4 is 5.78 Å². The highest BCUT2D eigenvalue weighted by Crippen LogP contribution is 2.73. The second kappa shape index (κ2) is 3.88. The molecule has 0 bridgehead atoms. The summed E-state index contributed by atoms with van der Waals surface area (Å²) in [6, 6.07) is 0. The summed E-state index contributed by atoms with van der Waals surface area (Å²) in [6.07, 6.45) is 6.08. The molecule has 0 radical (unpaired) electrons. The Morgan fingerprint density at radius 1 is 1.10 bits per heavy atom. The largest absolute Gasteiger partial charge is 0.389 e. The van der Waals surface area contributed by atoms with E-state index < -0.39 is 5.60 Å². The Labute approximate surface area is 122 Å². The van der Waals surface area contributed by atoms with E-state index in [0.717, 1.165) is 38.0 Å². The Morgan fingerprint density at radius 2 is 1.85 bits per heavy atom. The summed E-state index contributed by atoms with van der Waals surface area (Å²) in [5, 5.41) is 11.7. The van der Waals surface area contributed by atoms with Gasteiger partial charge in [0.05, 0.1) is 5.60 Å². The van der Waals surface area contributed by atoms with Gasteiger partial charge in [0.1, 0.15) is 5.78 Å². The van der Waals surface area contributed by atoms with Crippen LogP contribution in [0, 0.1) is 40.9 Å². The second-order valence-electron chi connectivity index (χ2n) is 8.73. The molecule has 112 valence electrons. The molecule has 20 heavy (non-hydrogen) atoms. The van der Waals surface area contributed by atoms with Crippen molar-refractivity contribution in [1.29, 1.82) is 0 Å². The molecule has 0 aromatic rings. The van der Waals surface area contributed by atoms with Gasteiger partial charge in [-0.3, -0.25) is 4.79 Å². The summed E-state index contributed by atoms with van der Waals surface area (Å²) in [6.45, 7) is 7.00. The molecule has 1 N–H and O–H groups in total. The van der Waals surface area contributed by atoms with E-state index in [0.29, 0.717) is 29.0 Å². The van der Waals surface area contributed by atoms with Crippen molar-refractivity contribution in [3.63, 3.8) is 0 Å². The van der Waals surface area contributed by atoms with E-state index >= 15 is 0 Å². The van der Waals surface area contributed by atoms with Crippen LogP contribution in [0.15, 0.2) is 0 Å². The van der Waals surface area contributed by atoms with Gasteiger partial charge >= 0.3 is 0 Å². The minimum Gasteiger partial charge on any atom is -0.389 e. The lowest BCUT2D eigenvalue weighted by atomic mass is 9.61. The molecule has 7 atom stereocenters. The quantitative estimate of drug-likeness (QED) is 0.736. The molecule has 0 aromatic carbocycles. The maximum atomic E-state index is 12.5. The smallest absolute Gasteiger partial charge is 0.136 e. The number of carbonyl (C=O) groups is 1. The Morgan fingerprint density at radius 3 is 2.60 bits per heavy atom. The topological polar surface area (TPSA) is 37.3 Å². The Kier molecular flexibility index (Phi) is 2.58. The first-order valence-corrected chi connectivity index (χ1v) is 8.63. The first-order chi connectivity index (χ1) is 9.38. The molecule has 0 aromatic heterocycles. The summed E-state index contributed by atoms with van der Waals surface area (Å²) in [4.78, 5) is 12.5. The van der Waals surface area contributed by atoms with Crippen molar-refractivity contribution in [3.8, 4) is 0 Å². The fourth-order valence-corrected chi connectivity index (χ4v) is 6.69. The predicted molar refractivity (Wildman–Crippen MR) is 78.1 cm³/mol. The highest BCUT2D eigenvalue weighted by Gasteiger charge is 2.71. The van der Waals surface area contributed by atoms with Crippen molar-refractivity contribution < 1.29 is 9.90 Å². The summed E-state index contributed by atoms with van der Waals surface area (Å²) >= 11 is 0. The summed E-state index contributed by atoms with van der Waals surface area (Å²) in [7, 11) is 0. The number of Topliss-reactive ketones (excluding diaryl/α,β-unsaturated/α-hetero) is 1. The highest BCUT2D eigenvalue weighted by molar-refractivity contribution is 5.82. The van der Waals surface area contributed by atoms with Gasteiger partial charge in [-0.15, -0.1) is 0 Å². The Hall–Kier alpha value is -0.370. The van der Waals surface area contributed by atoms with Crippen molar-refractivity contribution in [2.24, 2.45) is 40.9 Å². The zero-order valence-electron chi connectivity index (χ0n) is 13.1. The van der Waals surface area contributed by atoms with Gasteiger partial charge in [0.2, 0.25) is 0 Å². The summed E-state index contributed by atoms with van der Waals surface area (Å²) in [5.41, 5.74) is -0.160. The molecule has 4 fully saturated rings. The normalized spacial score (nSPS) is 56.5. The third kappa shape index (κ3) is 1.42. The minimum atomic E-state index is -0.553. The number of aliphatic hydroxyl groups is 1. The number of ketones is 1. The number of hydrogen-bond donors (Lipinski definition) is 1. The van der Waals surface area contributed by atoms with Crippen LogP contribution in [0.2, 0.25) is 0 Å². The molecule has 0 amide bonds. The average Bonchev–Trinajstić information content (AvgIpc) is 2.80. The molecule has 0 heterocycles. The predicted octanol–water partition coefficient (Wildman–Crippen LogP) is 3.42. The van der Waals surface area contributed by atoms with Crippen LogP contribution in [0.1, 0.15) is 59.3 Å². The molecular formula is C18H28O2. The third-order valence-corrected chi connectivity index (χ3v) is 7.79. The van der Waals surface area contributed by atoms with Crippen molar-refractivity contribution in [2.45, 2.75) is 64.9 Å². The van der Waals surface area contributed by atoms with Gasteiger partial charge in [0.15, 0.2) is 0 Å². The van der Waals surface area contributed by atoms with Gasteiger partial charge in [-0.1, -0.05) is 27.2 Å². The van der Waals surface area contributed by atoms with Crippen LogP contribution in [0.3, 0.4) is 0 Å². The molecule has 4 saturated carbocycles. The third-order valence-electron chi connectivity index (χ3n) is 7.79. The minimum absolute atomic E-state index is 0.172. The number of hydrogen-bond acceptors (Lipinski definition) is 2. The maximum absolute atomic E-state index is 12.5. The van der Waals surface area contributed by atoms with Crippen LogP contribution in [-0.2, 0) is 4.79 Å². The standard InChI is InChI=1S/C18H28O2/c1-10-9-14-16(17(14,2)3)13-7-8-15(19)11-5-4-6-12(11)18(10,13)20/h10-14,16,20H,4-9H2,1-3H3/t10-,11+,12+,13-,14+,16-,18-/m0/s1. The van der Waals surface area contributed by atoms with Gasteiger partial charge in [0.25, 0.3) is 0 Å². The fraction of sp³-hybridized carbons (Fsp3) is 0.944. The van der Waals surface area contributed by atoms with Gasteiger partial charge in [-0.05, 0) is 60.7 Å². The molecule has 0 saturated heterocycles. The van der Waals surface area contributed by atoms with Crippen molar-refractivity contribution in [3.05, 3.63) is 0 Å². The Balaban J connectivity index is 1.77. The first-order valence-electron chi connectivity index (χ1n) is 8.63. The molecule has 0 spiro atoms. The van der Waals surface area contributed by atoms with Crippen LogP contribution >= 0.6 is 0 Å². The molecule has 0 aliphatic heterocycles. The van der Waals surface area contributed by atoms with Crippen LogP contribution in [0.4, 0.5) is 0 Å². The van der Waals surface area contributed by atoms with Gasteiger partial charge in [-0.25, -0.2) is 0 Å². The average molecular weight is 276 g/mol. The molecule has 4 aliphatic rings. The maximum Gasteiger partial charge on any atom is 0.136 e. The zero-order chi connectivity index (χ0) is 14.3. The second-order valence-corrected chi connectivity index (χ2v) is 8.73. The van der Waals surface area contributed by atoms with Crippen molar-refractivity contribution in [2.75, 3.05) is 0 Å². The van der Waals surface area contributed by atoms with Crippen LogP contribution < -0.4 is 0 Å². The summed E-state index contributed by atoms with van der Waals surface area (Å²) in [5.74, 6) is 3.08. The van der Waals surface area contributed by atoms with E-state index in [1.54, 1.807) is 0 Å². The molecule has 2 heteroatoms. The van der Waals surface area contributed by atoms with Crippen LogP contribution in [0.5, 0.6) is 0 Å². The lowest BCUT2D eigenvalue weighted by Crippen LogP contribution is -2.54. The Bertz CT molecular complexity index is 454. The van der Waals surface area contributed by atoms with Crippen LogP contribution in [0.25, 0.3) is 0 Å². The molecule has 0 unspecified atom stereocenters. The lowest BCUT2D eigenvalue weighted by molar-refractivity contribution is -0.146. The lowest BCUT2D eigenvalue weighted by Gasteiger charge is -2.48. The van der Waals surface area contributed by atoms with E-state index in [9.17, 15) is 9.90 Å². The summed E-state index contributed by atoms with van der Waals surface area (Å²) < 4.78 is 0. The van der Waals surface area contributed by atoms with Gasteiger partial charge in [0, 0.05) is 12.3 Å². The molecule has 2 nitrogen and oxygen atoms in total. The number of carbonyl (C=O) groups excluding carboxylic acids is 1. The van der Waals surface area contributed by atoms with E-state index in [2.05, 4.69) is 20.8 Å². The molecular weight excluding hydrogens is 248 g/mol. The number of rotatable bonds is 0. The van der Waals surface area contributed by atoms with Crippen molar-refractivity contribution in [1.82, 2.24) is 0 Å². The number of fused-ring (bicyclic) bond motifs is 5. The van der Waals surface area contributed by atoms with Gasteiger partial charge < -0.3 is 5.11 Å². The first kappa shape index (κ1) is 13.3. The van der Waals surface area contributed by atoms with Crippen LogP contribution in [-0.4, -0.2) is 16.5 Å². The molecule has 4 rings (SSSR count). The highest BCUT2D eigenvalue weighted by atomic mass is 16.3. The zero-order valence-corrected chi connectivity index (χ0v) is 13.1. The van der Waals surface area contributed by atoms with Gasteiger partial charge in [-0.2, -0.15) is 0 Å². The fourth-order valence-electron chi connectivity index (χ4n) is 6.69. The van der Waals surface area contributed by atoms with E-state index in [-0.39, 0.29) is 11.8 Å². The molecule has 4 aliphatic carbocycles. The van der Waals surface area contributed by atoms with E-state index in [1.807, 2.05) is 0 Å². The monoisotopic (exact) mass is 276 g/mol. The van der Waals surface area contributed by atoms with E-state index in [1.165, 1.54) is 6.42 Å². The van der Waals surface area contributed by atoms with E-state index in [4.69, 9.17) is 0 Å².